The Hall–Kier alpha value is -3.84. The number of nitrogens with zero attached hydrogens (tertiary/aromatic N) is 2. The van der Waals surface area contributed by atoms with Gasteiger partial charge in [-0.3, -0.25) is 28.8 Å². The van der Waals surface area contributed by atoms with E-state index in [4.69, 9.17) is 9.68 Å². The van der Waals surface area contributed by atoms with E-state index in [1.165, 1.54) is 0 Å². The maximum atomic E-state index is 11.9. The Morgan fingerprint density at radius 2 is 0.805 bits per heavy atom. The molecule has 0 saturated carbocycles. The van der Waals surface area contributed by atoms with E-state index < -0.39 is 35.6 Å². The van der Waals surface area contributed by atoms with Crippen molar-refractivity contribution in [2.24, 2.45) is 0 Å². The van der Waals surface area contributed by atoms with Crippen LogP contribution in [0, 0.1) is 0 Å². The van der Waals surface area contributed by atoms with Gasteiger partial charge in [-0.05, 0) is 38.5 Å². The summed E-state index contributed by atoms with van der Waals surface area (Å²) >= 11 is 0. The smallest absolute Gasteiger partial charge is 0.333 e. The highest BCUT2D eigenvalue weighted by Crippen LogP contribution is 2.14. The van der Waals surface area contributed by atoms with Crippen molar-refractivity contribution >= 4 is 47.4 Å². The maximum absolute atomic E-state index is 11.9. The van der Waals surface area contributed by atoms with Crippen LogP contribution >= 0.6 is 0 Å². The van der Waals surface area contributed by atoms with Crippen LogP contribution in [0.25, 0.3) is 0 Å². The minimum absolute atomic E-state index is 0.0221. The predicted octanol–water partition coefficient (Wildman–Crippen LogP) is 1.50. The monoisotopic (exact) mass is 580 g/mol. The zero-order chi connectivity index (χ0) is 30.0. The van der Waals surface area contributed by atoms with Crippen LogP contribution in [0.5, 0.6) is 0 Å². The van der Waals surface area contributed by atoms with E-state index in [1.54, 1.807) is 0 Å². The molecule has 41 heavy (non-hydrogen) atoms. The second-order valence-corrected chi connectivity index (χ2v) is 9.97. The Balaban J connectivity index is 1.33. The molecule has 14 nitrogen and oxygen atoms in total. The van der Waals surface area contributed by atoms with Gasteiger partial charge in [0, 0.05) is 64.5 Å². The molecule has 2 aliphatic rings. The van der Waals surface area contributed by atoms with E-state index in [1.807, 2.05) is 0 Å². The molecule has 2 N–H and O–H groups in total. The van der Waals surface area contributed by atoms with Crippen molar-refractivity contribution in [3.8, 4) is 0 Å². The lowest BCUT2D eigenvalue weighted by atomic mass is 10.1. The average molecular weight is 581 g/mol. The van der Waals surface area contributed by atoms with Crippen LogP contribution in [0.1, 0.15) is 109 Å². The van der Waals surface area contributed by atoms with Crippen LogP contribution in [-0.2, 0) is 48.0 Å². The number of unbranched alkanes of at least 4 members (excludes halogenated alkanes) is 6. The summed E-state index contributed by atoms with van der Waals surface area (Å²) in [5.74, 6) is -3.60. The summed E-state index contributed by atoms with van der Waals surface area (Å²) in [6, 6.07) is 0. The van der Waals surface area contributed by atoms with E-state index in [-0.39, 0.29) is 63.2 Å². The fourth-order valence-corrected chi connectivity index (χ4v) is 4.13. The fourth-order valence-electron chi connectivity index (χ4n) is 4.13. The Morgan fingerprint density at radius 3 is 1.17 bits per heavy atom. The number of amides is 6. The normalized spacial score (nSPS) is 14.9. The third-order valence-electron chi connectivity index (χ3n) is 6.47. The van der Waals surface area contributed by atoms with Crippen molar-refractivity contribution < 1.29 is 48.0 Å². The molecule has 0 radical (unpaired) electrons. The van der Waals surface area contributed by atoms with Crippen molar-refractivity contribution in [1.82, 2.24) is 20.8 Å². The summed E-state index contributed by atoms with van der Waals surface area (Å²) in [6.07, 6.45) is 7.14. The first-order chi connectivity index (χ1) is 19.7. The second kappa shape index (κ2) is 18.5. The van der Waals surface area contributed by atoms with E-state index in [2.05, 4.69) is 10.6 Å². The van der Waals surface area contributed by atoms with Gasteiger partial charge in [0.1, 0.15) is 0 Å². The van der Waals surface area contributed by atoms with Gasteiger partial charge in [-0.15, -0.1) is 10.1 Å². The minimum atomic E-state index is -0.665. The van der Waals surface area contributed by atoms with E-state index in [0.717, 1.165) is 32.1 Å². The van der Waals surface area contributed by atoms with E-state index in [9.17, 15) is 38.4 Å². The van der Waals surface area contributed by atoms with Gasteiger partial charge < -0.3 is 20.3 Å². The molecule has 0 aliphatic carbocycles. The maximum Gasteiger partial charge on any atom is 0.333 e. The second-order valence-electron chi connectivity index (χ2n) is 9.97. The van der Waals surface area contributed by atoms with Gasteiger partial charge in [0.25, 0.3) is 23.6 Å². The van der Waals surface area contributed by atoms with Crippen molar-refractivity contribution in [2.45, 2.75) is 109 Å². The third kappa shape index (κ3) is 13.4. The molecular formula is C27H40N4O10. The molecule has 0 aromatic heterocycles. The predicted molar refractivity (Wildman–Crippen MR) is 140 cm³/mol. The Morgan fingerprint density at radius 1 is 0.488 bits per heavy atom. The zero-order valence-corrected chi connectivity index (χ0v) is 23.4. The van der Waals surface area contributed by atoms with Crippen molar-refractivity contribution in [3.05, 3.63) is 0 Å². The number of hydroxylamine groups is 4. The summed E-state index contributed by atoms with van der Waals surface area (Å²) in [7, 11) is 0. The van der Waals surface area contributed by atoms with Crippen LogP contribution in [0.3, 0.4) is 0 Å². The molecule has 2 saturated heterocycles. The van der Waals surface area contributed by atoms with Crippen molar-refractivity contribution in [2.75, 3.05) is 13.1 Å². The number of nitrogens with one attached hydrogen (secondary N) is 2. The molecule has 2 heterocycles. The Bertz CT molecular complexity index is 875. The number of carbonyl (C=O) groups is 8. The standard InChI is InChI=1S/C27H40N4O10/c32-20(10-4-6-12-26(38)40-30-22(34)14-15-23(30)35)28-18-8-2-1-3-9-19-29-21(33)11-5-7-13-27(39)41-31-24(36)16-17-25(31)37/h1-19H2,(H,28,32)(H,29,33). The quantitative estimate of drug-likeness (QED) is 0.158. The molecule has 6 amide bonds. The van der Waals surface area contributed by atoms with Crippen LogP contribution in [0.2, 0.25) is 0 Å². The lowest BCUT2D eigenvalue weighted by molar-refractivity contribution is -0.197. The highest BCUT2D eigenvalue weighted by Gasteiger charge is 2.33. The summed E-state index contributed by atoms with van der Waals surface area (Å²) in [5, 5.41) is 6.72. The van der Waals surface area contributed by atoms with Crippen LogP contribution < -0.4 is 10.6 Å². The molecule has 228 valence electrons. The lowest BCUT2D eigenvalue weighted by Crippen LogP contribution is -2.32. The highest BCUT2D eigenvalue weighted by molar-refractivity contribution is 6.02. The first kappa shape index (κ1) is 33.4. The van der Waals surface area contributed by atoms with Crippen LogP contribution in [0.15, 0.2) is 0 Å². The molecular weight excluding hydrogens is 540 g/mol. The lowest BCUT2D eigenvalue weighted by Gasteiger charge is -2.12. The minimum Gasteiger partial charge on any atom is -0.356 e. The summed E-state index contributed by atoms with van der Waals surface area (Å²) in [4.78, 5) is 102. The largest absolute Gasteiger partial charge is 0.356 e. The number of imide groups is 2. The van der Waals surface area contributed by atoms with E-state index in [0.29, 0.717) is 48.9 Å². The fraction of sp³-hybridized carbons (Fsp3) is 0.704. The number of hydrogen-bond acceptors (Lipinski definition) is 10. The number of rotatable bonds is 20. The van der Waals surface area contributed by atoms with Gasteiger partial charge in [-0.1, -0.05) is 19.3 Å². The van der Waals surface area contributed by atoms with E-state index >= 15 is 0 Å². The first-order valence-corrected chi connectivity index (χ1v) is 14.3. The van der Waals surface area contributed by atoms with Gasteiger partial charge in [0.15, 0.2) is 0 Å². The van der Waals surface area contributed by atoms with Crippen molar-refractivity contribution in [3.63, 3.8) is 0 Å². The molecule has 0 atom stereocenters. The van der Waals surface area contributed by atoms with Gasteiger partial charge in [-0.25, -0.2) is 9.59 Å². The molecule has 0 aromatic rings. The topological polar surface area (TPSA) is 186 Å². The van der Waals surface area contributed by atoms with Gasteiger partial charge >= 0.3 is 11.9 Å². The third-order valence-corrected chi connectivity index (χ3v) is 6.47. The van der Waals surface area contributed by atoms with Crippen molar-refractivity contribution in [1.29, 1.82) is 0 Å². The van der Waals surface area contributed by atoms with Crippen LogP contribution in [-0.4, -0.2) is 70.6 Å². The Labute approximate surface area is 238 Å². The molecule has 0 spiro atoms. The van der Waals surface area contributed by atoms with Crippen LogP contribution in [0.4, 0.5) is 0 Å². The summed E-state index contributed by atoms with van der Waals surface area (Å²) in [5.41, 5.74) is 0. The van der Waals surface area contributed by atoms with Gasteiger partial charge in [0.05, 0.1) is 0 Å². The first-order valence-electron chi connectivity index (χ1n) is 14.3. The average Bonchev–Trinajstić information content (AvgIpc) is 3.42. The highest BCUT2D eigenvalue weighted by atomic mass is 16.7. The summed E-state index contributed by atoms with van der Waals surface area (Å²) in [6.45, 7) is 1.13. The molecule has 0 unspecified atom stereocenters. The van der Waals surface area contributed by atoms with Gasteiger partial charge in [0.2, 0.25) is 11.8 Å². The number of hydrogen-bond donors (Lipinski definition) is 2. The molecule has 0 bridgehead atoms. The Kier molecular flexibility index (Phi) is 15.1. The molecule has 14 heteroatoms. The SMILES string of the molecule is O=C(CCCCC(=O)ON1C(=O)CCC1=O)NCCCCCCCNC(=O)CCCCC(=O)ON1C(=O)CCC1=O. The summed E-state index contributed by atoms with van der Waals surface area (Å²) < 4.78 is 0. The molecule has 2 rings (SSSR count). The number of carbonyl (C=O) groups excluding carboxylic acids is 8. The zero-order valence-electron chi connectivity index (χ0n) is 23.4. The molecule has 0 aromatic carbocycles. The van der Waals surface area contributed by atoms with Gasteiger partial charge in [-0.2, -0.15) is 0 Å². The molecule has 2 fully saturated rings. The molecule has 2 aliphatic heterocycles.